The molecule has 2 heterocycles. The van der Waals surface area contributed by atoms with Gasteiger partial charge >= 0.3 is 5.97 Å². The number of thioether (sulfide) groups is 1. The SMILES string of the molecule is CCc1ccc(S(=O)(=O)N2C(C(=O)O)CSC2C(C)C)s1. The van der Waals surface area contributed by atoms with Crippen LogP contribution < -0.4 is 0 Å². The van der Waals surface area contributed by atoms with Crippen LogP contribution in [0.4, 0.5) is 0 Å². The third kappa shape index (κ3) is 3.13. The average molecular weight is 349 g/mol. The van der Waals surface area contributed by atoms with Crippen LogP contribution in [0.5, 0.6) is 0 Å². The Morgan fingerprint density at radius 2 is 2.14 bits per heavy atom. The molecular formula is C13H19NO4S3. The molecule has 1 aromatic heterocycles. The highest BCUT2D eigenvalue weighted by Crippen LogP contribution is 2.39. The van der Waals surface area contributed by atoms with Crippen molar-refractivity contribution in [3.8, 4) is 0 Å². The second kappa shape index (κ2) is 6.28. The first kappa shape index (κ1) is 16.8. The van der Waals surface area contributed by atoms with Gasteiger partial charge in [0.15, 0.2) is 0 Å². The molecule has 0 spiro atoms. The van der Waals surface area contributed by atoms with E-state index in [1.54, 1.807) is 12.1 Å². The summed E-state index contributed by atoms with van der Waals surface area (Å²) in [6.07, 6.45) is 0.769. The van der Waals surface area contributed by atoms with Gasteiger partial charge in [0.25, 0.3) is 10.0 Å². The number of carboxylic acids is 1. The summed E-state index contributed by atoms with van der Waals surface area (Å²) in [6.45, 7) is 5.79. The van der Waals surface area contributed by atoms with Crippen LogP contribution in [0.15, 0.2) is 16.3 Å². The predicted octanol–water partition coefficient (Wildman–Crippen LogP) is 2.48. The number of carbonyl (C=O) groups is 1. The molecule has 0 amide bonds. The lowest BCUT2D eigenvalue weighted by Gasteiger charge is -2.28. The second-order valence-corrected chi connectivity index (χ2v) is 9.62. The van der Waals surface area contributed by atoms with Gasteiger partial charge in [-0.1, -0.05) is 20.8 Å². The third-order valence-electron chi connectivity index (χ3n) is 3.36. The molecule has 1 fully saturated rings. The van der Waals surface area contributed by atoms with E-state index in [4.69, 9.17) is 0 Å². The molecule has 2 atom stereocenters. The van der Waals surface area contributed by atoms with Gasteiger partial charge in [-0.15, -0.1) is 23.1 Å². The summed E-state index contributed by atoms with van der Waals surface area (Å²) in [5, 5.41) is 9.00. The number of thiophene rings is 1. The highest BCUT2D eigenvalue weighted by Gasteiger charge is 2.47. The Morgan fingerprint density at radius 3 is 2.62 bits per heavy atom. The van der Waals surface area contributed by atoms with Gasteiger partial charge in [0.05, 0.1) is 5.37 Å². The topological polar surface area (TPSA) is 74.7 Å². The summed E-state index contributed by atoms with van der Waals surface area (Å²) in [5.41, 5.74) is 0. The molecule has 0 bridgehead atoms. The van der Waals surface area contributed by atoms with E-state index in [1.807, 2.05) is 20.8 Å². The highest BCUT2D eigenvalue weighted by molar-refractivity contribution is 8.01. The largest absolute Gasteiger partial charge is 0.480 e. The zero-order valence-electron chi connectivity index (χ0n) is 12.1. The summed E-state index contributed by atoms with van der Waals surface area (Å²) >= 11 is 2.62. The van der Waals surface area contributed by atoms with E-state index in [9.17, 15) is 18.3 Å². The van der Waals surface area contributed by atoms with Crippen LogP contribution in [-0.2, 0) is 21.2 Å². The molecule has 1 aliphatic heterocycles. The van der Waals surface area contributed by atoms with Crippen LogP contribution in [0, 0.1) is 5.92 Å². The van der Waals surface area contributed by atoms with Crippen molar-refractivity contribution in [2.24, 2.45) is 5.92 Å². The summed E-state index contributed by atoms with van der Waals surface area (Å²) in [6, 6.07) is 2.39. The molecule has 0 radical (unpaired) electrons. The molecule has 1 aliphatic rings. The van der Waals surface area contributed by atoms with E-state index in [0.29, 0.717) is 5.75 Å². The van der Waals surface area contributed by atoms with Crippen LogP contribution >= 0.6 is 23.1 Å². The van der Waals surface area contributed by atoms with Crippen LogP contribution in [0.2, 0.25) is 0 Å². The first-order valence-electron chi connectivity index (χ1n) is 6.75. The van der Waals surface area contributed by atoms with Gasteiger partial charge in [0.1, 0.15) is 10.3 Å². The number of rotatable bonds is 5. The van der Waals surface area contributed by atoms with Gasteiger partial charge in [-0.05, 0) is 24.5 Å². The monoisotopic (exact) mass is 349 g/mol. The summed E-state index contributed by atoms with van der Waals surface area (Å²) in [4.78, 5) is 12.4. The molecule has 1 N–H and O–H groups in total. The maximum atomic E-state index is 12.9. The van der Waals surface area contributed by atoms with Gasteiger partial charge in [0.2, 0.25) is 0 Å². The number of carboxylic acid groups (broad SMARTS) is 1. The molecule has 0 saturated carbocycles. The molecular weight excluding hydrogens is 330 g/mol. The van der Waals surface area contributed by atoms with Crippen LogP contribution in [0.3, 0.4) is 0 Å². The van der Waals surface area contributed by atoms with E-state index in [-0.39, 0.29) is 15.5 Å². The van der Waals surface area contributed by atoms with Gasteiger partial charge in [-0.3, -0.25) is 4.79 Å². The predicted molar refractivity (Wildman–Crippen MR) is 85.2 cm³/mol. The molecule has 8 heteroatoms. The molecule has 0 aromatic carbocycles. The minimum atomic E-state index is -3.77. The molecule has 21 heavy (non-hydrogen) atoms. The van der Waals surface area contributed by atoms with Crippen LogP contribution in [0.25, 0.3) is 0 Å². The Morgan fingerprint density at radius 1 is 1.48 bits per heavy atom. The van der Waals surface area contributed by atoms with Crippen LogP contribution in [0.1, 0.15) is 25.6 Å². The fourth-order valence-corrected chi connectivity index (χ4v) is 7.39. The summed E-state index contributed by atoms with van der Waals surface area (Å²) < 4.78 is 27.1. The van der Waals surface area contributed by atoms with Gasteiger partial charge < -0.3 is 5.11 Å². The molecule has 118 valence electrons. The van der Waals surface area contributed by atoms with Gasteiger partial charge in [-0.2, -0.15) is 4.31 Å². The fourth-order valence-electron chi connectivity index (χ4n) is 2.28. The zero-order valence-corrected chi connectivity index (χ0v) is 14.6. The van der Waals surface area contributed by atoms with Crippen molar-refractivity contribution in [2.75, 3.05) is 5.75 Å². The van der Waals surface area contributed by atoms with E-state index in [1.165, 1.54) is 27.4 Å². The minimum Gasteiger partial charge on any atom is -0.480 e. The minimum absolute atomic E-state index is 0.0553. The van der Waals surface area contributed by atoms with Crippen molar-refractivity contribution in [2.45, 2.75) is 42.8 Å². The number of sulfonamides is 1. The Labute approximate surface area is 133 Å². The fraction of sp³-hybridized carbons (Fsp3) is 0.615. The van der Waals surface area contributed by atoms with Crippen molar-refractivity contribution in [1.29, 1.82) is 0 Å². The smallest absolute Gasteiger partial charge is 0.322 e. The normalized spacial score (nSPS) is 23.8. The van der Waals surface area contributed by atoms with Crippen molar-refractivity contribution in [3.63, 3.8) is 0 Å². The molecule has 5 nitrogen and oxygen atoms in total. The maximum Gasteiger partial charge on any atom is 0.322 e. The van der Waals surface area contributed by atoms with Gasteiger partial charge in [0, 0.05) is 10.6 Å². The Hall–Kier alpha value is -0.570. The number of hydrogen-bond acceptors (Lipinski definition) is 5. The first-order chi connectivity index (χ1) is 9.78. The standard InChI is InChI=1S/C13H19NO4S3/c1-4-9-5-6-11(20-9)21(17,18)14-10(13(15)16)7-19-12(14)8(2)3/h5-6,8,10,12H,4,7H2,1-3H3,(H,15,16). The Kier molecular flexibility index (Phi) is 5.02. The highest BCUT2D eigenvalue weighted by atomic mass is 32.2. The summed E-state index contributed by atoms with van der Waals surface area (Å²) in [7, 11) is -3.77. The lowest BCUT2D eigenvalue weighted by Crippen LogP contribution is -2.46. The van der Waals surface area contributed by atoms with Gasteiger partial charge in [-0.25, -0.2) is 8.42 Å². The van der Waals surface area contributed by atoms with E-state index in [0.717, 1.165) is 11.3 Å². The van der Waals surface area contributed by atoms with E-state index >= 15 is 0 Å². The third-order valence-corrected chi connectivity index (χ3v) is 8.70. The van der Waals surface area contributed by atoms with E-state index in [2.05, 4.69) is 0 Å². The summed E-state index contributed by atoms with van der Waals surface area (Å²) in [5.74, 6) is -0.732. The Bertz CT molecular complexity index is 623. The molecule has 1 saturated heterocycles. The number of nitrogens with zero attached hydrogens (tertiary/aromatic N) is 1. The van der Waals surface area contributed by atoms with Crippen molar-refractivity contribution in [3.05, 3.63) is 17.0 Å². The van der Waals surface area contributed by atoms with Crippen LogP contribution in [-0.4, -0.2) is 41.0 Å². The average Bonchev–Trinajstić information content (AvgIpc) is 3.05. The number of aliphatic carboxylic acids is 1. The zero-order chi connectivity index (χ0) is 15.8. The molecule has 1 aromatic rings. The number of aryl methyl sites for hydroxylation is 1. The van der Waals surface area contributed by atoms with E-state index < -0.39 is 22.0 Å². The first-order valence-corrected chi connectivity index (χ1v) is 10.1. The quantitative estimate of drug-likeness (QED) is 0.884. The van der Waals surface area contributed by atoms with Crippen molar-refractivity contribution < 1.29 is 18.3 Å². The van der Waals surface area contributed by atoms with Crippen molar-refractivity contribution in [1.82, 2.24) is 4.31 Å². The molecule has 0 aliphatic carbocycles. The molecule has 2 unspecified atom stereocenters. The lowest BCUT2D eigenvalue weighted by molar-refractivity contribution is -0.140. The van der Waals surface area contributed by atoms with Crippen molar-refractivity contribution >= 4 is 39.1 Å². The maximum absolute atomic E-state index is 12.9. The number of hydrogen-bond donors (Lipinski definition) is 1. The Balaban J connectivity index is 2.44. The lowest BCUT2D eigenvalue weighted by atomic mass is 10.2. The second-order valence-electron chi connectivity index (χ2n) is 5.23. The molecule has 2 rings (SSSR count).